The van der Waals surface area contributed by atoms with Gasteiger partial charge in [0.2, 0.25) is 0 Å². The molecule has 1 aliphatic heterocycles. The van der Waals surface area contributed by atoms with Crippen LogP contribution in [0.4, 0.5) is 24.7 Å². The number of anilines is 2. The summed E-state index contributed by atoms with van der Waals surface area (Å²) in [5, 5.41) is 4.28. The number of halogens is 3. The van der Waals surface area contributed by atoms with Gasteiger partial charge in [-0.15, -0.1) is 13.2 Å². The highest BCUT2D eigenvalue weighted by Crippen LogP contribution is 2.31. The fourth-order valence-electron chi connectivity index (χ4n) is 3.77. The van der Waals surface area contributed by atoms with Gasteiger partial charge in [0.25, 0.3) is 5.91 Å². The summed E-state index contributed by atoms with van der Waals surface area (Å²) in [7, 11) is 0. The molecule has 0 fully saturated rings. The number of hydrogen-bond donors (Lipinski definition) is 1. The first kappa shape index (κ1) is 22.3. The van der Waals surface area contributed by atoms with Crippen molar-refractivity contribution in [3.63, 3.8) is 0 Å². The van der Waals surface area contributed by atoms with Crippen LogP contribution in [0.1, 0.15) is 44.9 Å². The van der Waals surface area contributed by atoms with Crippen molar-refractivity contribution < 1.29 is 27.5 Å². The van der Waals surface area contributed by atoms with E-state index in [4.69, 9.17) is 5.73 Å². The number of nitrogens with zero attached hydrogens (tertiary/aromatic N) is 4. The van der Waals surface area contributed by atoms with E-state index in [2.05, 4.69) is 14.8 Å². The van der Waals surface area contributed by atoms with Crippen LogP contribution in [0.2, 0.25) is 0 Å². The molecule has 0 saturated carbocycles. The molecule has 2 N–H and O–H groups in total. The summed E-state index contributed by atoms with van der Waals surface area (Å²) >= 11 is 0. The van der Waals surface area contributed by atoms with Crippen LogP contribution in [0.25, 0.3) is 0 Å². The minimum atomic E-state index is -4.80. The predicted octanol–water partition coefficient (Wildman–Crippen LogP) is 3.71. The van der Waals surface area contributed by atoms with E-state index < -0.39 is 12.3 Å². The number of carbonyl (C=O) groups is 2. The summed E-state index contributed by atoms with van der Waals surface area (Å²) < 4.78 is 42.7. The van der Waals surface area contributed by atoms with E-state index in [-0.39, 0.29) is 47.6 Å². The number of alkyl halides is 3. The third-order valence-electron chi connectivity index (χ3n) is 5.27. The molecular formula is C22H20F3N5O3. The number of ether oxygens (including phenoxy) is 1. The van der Waals surface area contributed by atoms with E-state index in [1.807, 2.05) is 6.92 Å². The molecule has 8 nitrogen and oxygen atoms in total. The Morgan fingerprint density at radius 2 is 1.94 bits per heavy atom. The van der Waals surface area contributed by atoms with Crippen molar-refractivity contribution in [1.29, 1.82) is 0 Å². The molecule has 0 aliphatic carbocycles. The Morgan fingerprint density at radius 3 is 2.61 bits per heavy atom. The number of benzene rings is 1. The molecule has 0 unspecified atom stereocenters. The highest BCUT2D eigenvalue weighted by atomic mass is 19.4. The fraction of sp³-hybridized carbons (Fsp3) is 0.273. The van der Waals surface area contributed by atoms with Crippen molar-refractivity contribution in [2.45, 2.75) is 32.7 Å². The van der Waals surface area contributed by atoms with Crippen molar-refractivity contribution in [3.8, 4) is 5.75 Å². The van der Waals surface area contributed by atoms with Crippen LogP contribution < -0.4 is 15.4 Å². The normalized spacial score (nSPS) is 16.0. The molecule has 11 heteroatoms. The average molecular weight is 459 g/mol. The number of carbonyl (C=O) groups excluding carboxylic acids is 2. The third-order valence-corrected chi connectivity index (χ3v) is 5.27. The second-order valence-corrected chi connectivity index (χ2v) is 7.81. The van der Waals surface area contributed by atoms with E-state index in [1.54, 1.807) is 23.9 Å². The van der Waals surface area contributed by atoms with E-state index in [1.165, 1.54) is 23.2 Å². The largest absolute Gasteiger partial charge is 0.573 e. The summed E-state index contributed by atoms with van der Waals surface area (Å²) in [5.74, 6) is -0.988. The molecule has 33 heavy (non-hydrogen) atoms. The first-order valence-electron chi connectivity index (χ1n) is 10.0. The van der Waals surface area contributed by atoms with E-state index in [0.29, 0.717) is 11.3 Å². The van der Waals surface area contributed by atoms with E-state index in [0.717, 1.165) is 17.7 Å². The van der Waals surface area contributed by atoms with Gasteiger partial charge in [0.1, 0.15) is 17.3 Å². The van der Waals surface area contributed by atoms with Gasteiger partial charge in [0.15, 0.2) is 5.78 Å². The number of hydrogen-bond acceptors (Lipinski definition) is 6. The SMILES string of the molecule is Cc1cnc(N)c(C(=O)Cc2cnn3c2C(=O)N(c2ccc(OC(F)(F)F)cc2)C[C@@H]3C)c1. The maximum Gasteiger partial charge on any atom is 0.573 e. The van der Waals surface area contributed by atoms with Gasteiger partial charge >= 0.3 is 6.36 Å². The molecule has 4 rings (SSSR count). The Balaban J connectivity index is 1.61. The highest BCUT2D eigenvalue weighted by molar-refractivity contribution is 6.08. The molecule has 1 aliphatic rings. The van der Waals surface area contributed by atoms with Crippen LogP contribution in [0.5, 0.6) is 5.75 Å². The second kappa shape index (κ2) is 8.23. The maximum absolute atomic E-state index is 13.3. The molecule has 3 aromatic rings. The molecule has 0 bridgehead atoms. The van der Waals surface area contributed by atoms with E-state index >= 15 is 0 Å². The lowest BCUT2D eigenvalue weighted by molar-refractivity contribution is -0.274. The summed E-state index contributed by atoms with van der Waals surface area (Å²) in [6, 6.07) is 6.46. The molecule has 1 aromatic carbocycles. The molecule has 0 radical (unpaired) electrons. The van der Waals surface area contributed by atoms with Crippen LogP contribution >= 0.6 is 0 Å². The van der Waals surface area contributed by atoms with Gasteiger partial charge in [-0.3, -0.25) is 14.3 Å². The summed E-state index contributed by atoms with van der Waals surface area (Å²) in [4.78, 5) is 31.6. The number of rotatable bonds is 5. The van der Waals surface area contributed by atoms with Crippen LogP contribution in [0.15, 0.2) is 42.7 Å². The summed E-state index contributed by atoms with van der Waals surface area (Å²) in [5.41, 5.74) is 7.97. The Kier molecular flexibility index (Phi) is 5.56. The van der Waals surface area contributed by atoms with Gasteiger partial charge in [0.05, 0.1) is 17.8 Å². The molecule has 0 saturated heterocycles. The molecule has 2 aromatic heterocycles. The number of pyridine rings is 1. The number of Topliss-reactive ketones (excluding diaryl/α,β-unsaturated/α-hetero) is 1. The zero-order chi connectivity index (χ0) is 23.9. The van der Waals surface area contributed by atoms with Gasteiger partial charge in [-0.05, 0) is 49.7 Å². The van der Waals surface area contributed by atoms with Gasteiger partial charge in [-0.2, -0.15) is 5.10 Å². The molecule has 0 spiro atoms. The Morgan fingerprint density at radius 1 is 1.24 bits per heavy atom. The topological polar surface area (TPSA) is 103 Å². The van der Waals surface area contributed by atoms with Crippen LogP contribution in [0.3, 0.4) is 0 Å². The first-order chi connectivity index (χ1) is 15.5. The van der Waals surface area contributed by atoms with Crippen molar-refractivity contribution in [3.05, 3.63) is 65.1 Å². The Labute approximate surface area is 186 Å². The number of fused-ring (bicyclic) bond motifs is 1. The van der Waals surface area contributed by atoms with Gasteiger partial charge in [-0.25, -0.2) is 4.98 Å². The van der Waals surface area contributed by atoms with Gasteiger partial charge < -0.3 is 15.4 Å². The highest BCUT2D eigenvalue weighted by Gasteiger charge is 2.35. The maximum atomic E-state index is 13.3. The molecule has 3 heterocycles. The minimum absolute atomic E-state index is 0.102. The third kappa shape index (κ3) is 4.52. The zero-order valence-electron chi connectivity index (χ0n) is 17.8. The first-order valence-corrected chi connectivity index (χ1v) is 10.0. The number of amides is 1. The monoisotopic (exact) mass is 459 g/mol. The molecule has 1 amide bonds. The lowest BCUT2D eigenvalue weighted by Crippen LogP contribution is -2.43. The number of aromatic nitrogens is 3. The van der Waals surface area contributed by atoms with Crippen LogP contribution in [0, 0.1) is 6.92 Å². The Hall–Kier alpha value is -3.89. The number of aryl methyl sites for hydroxylation is 1. The van der Waals surface area contributed by atoms with Crippen molar-refractivity contribution in [2.24, 2.45) is 0 Å². The van der Waals surface area contributed by atoms with Crippen molar-refractivity contribution in [1.82, 2.24) is 14.8 Å². The molecule has 1 atom stereocenters. The van der Waals surface area contributed by atoms with E-state index in [9.17, 15) is 22.8 Å². The predicted molar refractivity (Wildman–Crippen MR) is 113 cm³/mol. The summed E-state index contributed by atoms with van der Waals surface area (Å²) in [6.07, 6.45) is -1.87. The lowest BCUT2D eigenvalue weighted by atomic mass is 10.0. The lowest BCUT2D eigenvalue weighted by Gasteiger charge is -2.32. The van der Waals surface area contributed by atoms with Crippen molar-refractivity contribution >= 4 is 23.2 Å². The number of nitrogen functional groups attached to an aromatic ring is 1. The van der Waals surface area contributed by atoms with Gasteiger partial charge in [0, 0.05) is 30.4 Å². The smallest absolute Gasteiger partial charge is 0.406 e. The van der Waals surface area contributed by atoms with Crippen molar-refractivity contribution in [2.75, 3.05) is 17.2 Å². The minimum Gasteiger partial charge on any atom is -0.406 e. The van der Waals surface area contributed by atoms with Crippen LogP contribution in [-0.2, 0) is 6.42 Å². The second-order valence-electron chi connectivity index (χ2n) is 7.81. The van der Waals surface area contributed by atoms with Gasteiger partial charge in [-0.1, -0.05) is 0 Å². The zero-order valence-corrected chi connectivity index (χ0v) is 17.8. The molecule has 172 valence electrons. The number of nitrogens with two attached hydrogens (primary N) is 1. The van der Waals surface area contributed by atoms with Crippen LogP contribution in [-0.4, -0.2) is 39.4 Å². The Bertz CT molecular complexity index is 1220. The average Bonchev–Trinajstić information content (AvgIpc) is 3.16. The quantitative estimate of drug-likeness (QED) is 0.584. The fourth-order valence-corrected chi connectivity index (χ4v) is 3.77. The standard InChI is InChI=1S/C22H20F3N5O3/c1-12-7-17(20(26)27-9-12)18(31)8-14-10-28-30-13(2)11-29(21(32)19(14)30)15-3-5-16(6-4-15)33-22(23,24)25/h3-7,9-10,13H,8,11H2,1-2H3,(H2,26,27)/t13-/m0/s1. The number of ketones is 1. The summed E-state index contributed by atoms with van der Waals surface area (Å²) in [6.45, 7) is 3.90. The molecular weight excluding hydrogens is 439 g/mol.